The van der Waals surface area contributed by atoms with E-state index in [1.54, 1.807) is 6.92 Å². The van der Waals surface area contributed by atoms with Gasteiger partial charge in [0.05, 0.1) is 34.9 Å². The molecule has 1 aromatic heterocycles. The molecular weight excluding hydrogens is 392 g/mol. The third-order valence-corrected chi connectivity index (χ3v) is 4.82. The predicted molar refractivity (Wildman–Crippen MR) is 96.3 cm³/mol. The minimum atomic E-state index is -4.73. The number of halogens is 4. The fourth-order valence-corrected chi connectivity index (χ4v) is 2.89. The van der Waals surface area contributed by atoms with E-state index >= 15 is 0 Å². The lowest BCUT2D eigenvalue weighted by Crippen LogP contribution is -2.41. The van der Waals surface area contributed by atoms with E-state index in [0.29, 0.717) is 18.5 Å². The van der Waals surface area contributed by atoms with Crippen molar-refractivity contribution in [3.8, 4) is 0 Å². The standard InChI is InChI=1S/C19H18F4N4O2/c1-10(26-17(29)18(7-8-18)16(24)28)14-6-5-11(9-25-14)27-15-12(19(21,22)23)3-2-4-13(15)20/h2-6,9-10,27H,7-8H2,1H3,(H2,24,28)(H,26,29). The highest BCUT2D eigenvalue weighted by molar-refractivity contribution is 6.07. The smallest absolute Gasteiger partial charge is 0.369 e. The number of hydrogen-bond donors (Lipinski definition) is 3. The Morgan fingerprint density at radius 3 is 2.41 bits per heavy atom. The minimum Gasteiger partial charge on any atom is -0.369 e. The summed E-state index contributed by atoms with van der Waals surface area (Å²) < 4.78 is 53.2. The average Bonchev–Trinajstić information content (AvgIpc) is 3.45. The summed E-state index contributed by atoms with van der Waals surface area (Å²) in [5, 5.41) is 5.05. The summed E-state index contributed by atoms with van der Waals surface area (Å²) in [5.41, 5.74) is 2.80. The zero-order chi connectivity index (χ0) is 21.4. The number of amides is 2. The SMILES string of the molecule is CC(NC(=O)C1(C(N)=O)CC1)c1ccc(Nc2c(F)cccc2C(F)(F)F)cn1. The molecule has 0 spiro atoms. The van der Waals surface area contributed by atoms with Crippen molar-refractivity contribution in [1.82, 2.24) is 10.3 Å². The molecule has 1 atom stereocenters. The van der Waals surface area contributed by atoms with Crippen LogP contribution in [0.3, 0.4) is 0 Å². The summed E-state index contributed by atoms with van der Waals surface area (Å²) in [6.07, 6.45) is -2.72. The molecule has 1 heterocycles. The van der Waals surface area contributed by atoms with Crippen LogP contribution >= 0.6 is 0 Å². The fourth-order valence-electron chi connectivity index (χ4n) is 2.89. The highest BCUT2D eigenvalue weighted by atomic mass is 19.4. The van der Waals surface area contributed by atoms with Crippen molar-refractivity contribution in [1.29, 1.82) is 0 Å². The molecule has 2 amide bonds. The highest BCUT2D eigenvalue weighted by Crippen LogP contribution is 2.45. The van der Waals surface area contributed by atoms with E-state index in [2.05, 4.69) is 15.6 Å². The third-order valence-electron chi connectivity index (χ3n) is 4.82. The first kappa shape index (κ1) is 20.6. The van der Waals surface area contributed by atoms with Gasteiger partial charge in [-0.1, -0.05) is 6.07 Å². The van der Waals surface area contributed by atoms with E-state index in [1.807, 2.05) is 0 Å². The number of nitrogens with two attached hydrogens (primary N) is 1. The molecule has 29 heavy (non-hydrogen) atoms. The van der Waals surface area contributed by atoms with Gasteiger partial charge in [0.15, 0.2) is 0 Å². The van der Waals surface area contributed by atoms with E-state index in [0.717, 1.165) is 18.2 Å². The Morgan fingerprint density at radius 2 is 1.90 bits per heavy atom. The number of aromatic nitrogens is 1. The molecule has 4 N–H and O–H groups in total. The van der Waals surface area contributed by atoms with E-state index in [4.69, 9.17) is 5.73 Å². The lowest BCUT2D eigenvalue weighted by atomic mass is 10.0. The molecule has 1 aliphatic carbocycles. The first-order chi connectivity index (χ1) is 13.5. The van der Waals surface area contributed by atoms with Crippen molar-refractivity contribution in [2.45, 2.75) is 32.0 Å². The van der Waals surface area contributed by atoms with Gasteiger partial charge in [-0.2, -0.15) is 13.2 Å². The topological polar surface area (TPSA) is 97.1 Å². The van der Waals surface area contributed by atoms with Crippen LogP contribution in [-0.2, 0) is 15.8 Å². The van der Waals surface area contributed by atoms with Crippen LogP contribution < -0.4 is 16.4 Å². The zero-order valence-electron chi connectivity index (χ0n) is 15.3. The van der Waals surface area contributed by atoms with Crippen LogP contribution in [0.15, 0.2) is 36.5 Å². The van der Waals surface area contributed by atoms with Gasteiger partial charge in [0, 0.05) is 0 Å². The number of para-hydroxylation sites is 1. The second-order valence-electron chi connectivity index (χ2n) is 6.90. The molecule has 1 aliphatic rings. The van der Waals surface area contributed by atoms with Crippen LogP contribution in [0, 0.1) is 11.2 Å². The number of nitrogens with one attached hydrogen (secondary N) is 2. The Labute approximate surface area is 163 Å². The summed E-state index contributed by atoms with van der Waals surface area (Å²) in [5.74, 6) is -2.21. The number of anilines is 2. The van der Waals surface area contributed by atoms with Crippen molar-refractivity contribution in [3.63, 3.8) is 0 Å². The van der Waals surface area contributed by atoms with E-state index in [9.17, 15) is 27.2 Å². The Hall–Kier alpha value is -3.17. The summed E-state index contributed by atoms with van der Waals surface area (Å²) in [7, 11) is 0. The Balaban J connectivity index is 1.73. The second kappa shape index (κ2) is 7.34. The summed E-state index contributed by atoms with van der Waals surface area (Å²) in [6.45, 7) is 1.64. The van der Waals surface area contributed by atoms with Crippen molar-refractivity contribution in [2.24, 2.45) is 11.1 Å². The molecule has 2 aromatic rings. The molecule has 1 fully saturated rings. The second-order valence-corrected chi connectivity index (χ2v) is 6.90. The lowest BCUT2D eigenvalue weighted by molar-refractivity contribution is -0.137. The van der Waals surface area contributed by atoms with E-state index in [1.165, 1.54) is 18.3 Å². The van der Waals surface area contributed by atoms with Gasteiger partial charge in [-0.25, -0.2) is 4.39 Å². The number of nitrogens with zero attached hydrogens (tertiary/aromatic N) is 1. The van der Waals surface area contributed by atoms with E-state index in [-0.39, 0.29) is 5.69 Å². The number of carbonyl (C=O) groups excluding carboxylic acids is 2. The normalized spacial score (nSPS) is 16.0. The fraction of sp³-hybridized carbons (Fsp3) is 0.316. The van der Waals surface area contributed by atoms with E-state index < -0.39 is 46.5 Å². The first-order valence-electron chi connectivity index (χ1n) is 8.74. The molecule has 3 rings (SSSR count). The molecule has 1 unspecified atom stereocenters. The van der Waals surface area contributed by atoms with Crippen LogP contribution in [0.2, 0.25) is 0 Å². The maximum atomic E-state index is 13.9. The van der Waals surface area contributed by atoms with Gasteiger partial charge in [0.1, 0.15) is 11.2 Å². The summed E-state index contributed by atoms with van der Waals surface area (Å²) >= 11 is 0. The minimum absolute atomic E-state index is 0.138. The molecule has 0 bridgehead atoms. The predicted octanol–water partition coefficient (Wildman–Crippen LogP) is 3.43. The van der Waals surface area contributed by atoms with Gasteiger partial charge in [0.2, 0.25) is 11.8 Å². The Morgan fingerprint density at radius 1 is 1.21 bits per heavy atom. The number of pyridine rings is 1. The highest BCUT2D eigenvalue weighted by Gasteiger charge is 2.55. The quantitative estimate of drug-likeness (QED) is 0.502. The van der Waals surface area contributed by atoms with Gasteiger partial charge in [-0.05, 0) is 44.0 Å². The molecule has 1 saturated carbocycles. The van der Waals surface area contributed by atoms with Crippen LogP contribution in [-0.4, -0.2) is 16.8 Å². The molecule has 6 nitrogen and oxygen atoms in total. The summed E-state index contributed by atoms with van der Waals surface area (Å²) in [6, 6.07) is 5.01. The lowest BCUT2D eigenvalue weighted by Gasteiger charge is -2.18. The van der Waals surface area contributed by atoms with Gasteiger partial charge in [-0.15, -0.1) is 0 Å². The van der Waals surface area contributed by atoms with Gasteiger partial charge in [0.25, 0.3) is 0 Å². The number of hydrogen-bond acceptors (Lipinski definition) is 4. The first-order valence-corrected chi connectivity index (χ1v) is 8.74. The Bertz CT molecular complexity index is 940. The molecule has 1 aromatic carbocycles. The monoisotopic (exact) mass is 410 g/mol. The number of primary amides is 1. The molecule has 0 aliphatic heterocycles. The number of alkyl halides is 3. The molecule has 10 heteroatoms. The van der Waals surface area contributed by atoms with Crippen molar-refractivity contribution < 1.29 is 27.2 Å². The average molecular weight is 410 g/mol. The van der Waals surface area contributed by atoms with Crippen LogP contribution in [0.4, 0.5) is 28.9 Å². The van der Waals surface area contributed by atoms with Crippen molar-refractivity contribution in [2.75, 3.05) is 5.32 Å². The zero-order valence-corrected chi connectivity index (χ0v) is 15.3. The summed E-state index contributed by atoms with van der Waals surface area (Å²) in [4.78, 5) is 27.7. The van der Waals surface area contributed by atoms with Crippen molar-refractivity contribution in [3.05, 3.63) is 53.6 Å². The van der Waals surface area contributed by atoms with Crippen LogP contribution in [0.1, 0.15) is 37.1 Å². The van der Waals surface area contributed by atoms with Gasteiger partial charge < -0.3 is 16.4 Å². The largest absolute Gasteiger partial charge is 0.418 e. The molecule has 0 radical (unpaired) electrons. The molecule has 154 valence electrons. The van der Waals surface area contributed by atoms with Gasteiger partial charge in [-0.3, -0.25) is 14.6 Å². The molecule has 0 saturated heterocycles. The number of carbonyl (C=O) groups is 2. The van der Waals surface area contributed by atoms with Crippen LogP contribution in [0.5, 0.6) is 0 Å². The molecular formula is C19H18F4N4O2. The third kappa shape index (κ3) is 4.15. The van der Waals surface area contributed by atoms with Crippen molar-refractivity contribution >= 4 is 23.2 Å². The number of rotatable bonds is 6. The van der Waals surface area contributed by atoms with Crippen LogP contribution in [0.25, 0.3) is 0 Å². The maximum absolute atomic E-state index is 13.9. The Kier molecular flexibility index (Phi) is 5.20. The number of benzene rings is 1. The van der Waals surface area contributed by atoms with Gasteiger partial charge >= 0.3 is 6.18 Å². The maximum Gasteiger partial charge on any atom is 0.418 e.